The van der Waals surface area contributed by atoms with Crippen molar-refractivity contribution in [1.82, 2.24) is 10.3 Å². The van der Waals surface area contributed by atoms with Crippen molar-refractivity contribution in [2.45, 2.75) is 12.8 Å². The lowest BCUT2D eigenvalue weighted by Gasteiger charge is -2.15. The van der Waals surface area contributed by atoms with Crippen molar-refractivity contribution in [2.75, 3.05) is 6.54 Å². The molecule has 0 saturated heterocycles. The molecule has 0 bridgehead atoms. The van der Waals surface area contributed by atoms with Crippen LogP contribution < -0.4 is 5.32 Å². The number of nitrogens with one attached hydrogen (secondary N) is 1. The molecule has 1 aromatic heterocycles. The number of hydrogen-bond donors (Lipinski definition) is 1. The molecule has 0 saturated carbocycles. The molecule has 2 aromatic rings. The maximum atomic E-state index is 12.0. The van der Waals surface area contributed by atoms with E-state index >= 15 is 0 Å². The van der Waals surface area contributed by atoms with Crippen LogP contribution in [0.25, 0.3) is 11.3 Å². The van der Waals surface area contributed by atoms with Gasteiger partial charge in [0.2, 0.25) is 0 Å². The molecule has 1 aliphatic heterocycles. The Kier molecular flexibility index (Phi) is 5.36. The zero-order chi connectivity index (χ0) is 17.5. The minimum Gasteiger partial charge on any atom is -0.441 e. The lowest BCUT2D eigenvalue weighted by atomic mass is 10.1. The number of amides is 1. The molecule has 2 heterocycles. The average molecular weight is 333 g/mol. The van der Waals surface area contributed by atoms with Gasteiger partial charge in [-0.1, -0.05) is 61.2 Å². The quantitative estimate of drug-likeness (QED) is 0.650. The first-order valence-electron chi connectivity index (χ1n) is 8.09. The molecule has 1 amide bonds. The molecule has 1 aliphatic rings. The average Bonchev–Trinajstić information content (AvgIpc) is 3.12. The predicted molar refractivity (Wildman–Crippen MR) is 98.1 cm³/mol. The van der Waals surface area contributed by atoms with E-state index in [2.05, 4.69) is 21.9 Å². The number of oxazole rings is 1. The number of rotatable bonds is 6. The number of carbonyl (C=O) groups excluding carboxylic acids is 1. The van der Waals surface area contributed by atoms with E-state index in [0.717, 1.165) is 11.3 Å². The van der Waals surface area contributed by atoms with Crippen molar-refractivity contribution < 1.29 is 9.21 Å². The molecule has 0 aliphatic carbocycles. The van der Waals surface area contributed by atoms with E-state index in [-0.39, 0.29) is 5.91 Å². The number of aryl methyl sites for hydroxylation is 1. The first-order chi connectivity index (χ1) is 12.3. The molecule has 5 heteroatoms. The van der Waals surface area contributed by atoms with Gasteiger partial charge in [-0.2, -0.15) is 0 Å². The van der Waals surface area contributed by atoms with E-state index in [4.69, 9.17) is 4.42 Å². The zero-order valence-electron chi connectivity index (χ0n) is 13.8. The third kappa shape index (κ3) is 4.41. The minimum atomic E-state index is -0.115. The van der Waals surface area contributed by atoms with Crippen LogP contribution in [0.15, 0.2) is 82.4 Å². The fraction of sp³-hybridized carbons (Fsp3) is 0.150. The van der Waals surface area contributed by atoms with Crippen molar-refractivity contribution in [3.8, 4) is 11.3 Å². The second-order valence-electron chi connectivity index (χ2n) is 5.51. The summed E-state index contributed by atoms with van der Waals surface area (Å²) < 4.78 is 5.77. The van der Waals surface area contributed by atoms with Crippen molar-refractivity contribution in [2.24, 2.45) is 4.99 Å². The molecule has 0 radical (unpaired) electrons. The topological polar surface area (TPSA) is 67.5 Å². The van der Waals surface area contributed by atoms with E-state index in [1.807, 2.05) is 30.3 Å². The number of aromatic nitrogens is 1. The number of aliphatic imine (C=N–C) groups is 1. The Labute approximate surface area is 146 Å². The zero-order valence-corrected chi connectivity index (χ0v) is 13.8. The van der Waals surface area contributed by atoms with Crippen LogP contribution in [0.2, 0.25) is 0 Å². The Hall–Kier alpha value is -3.21. The van der Waals surface area contributed by atoms with Crippen molar-refractivity contribution in [1.29, 1.82) is 0 Å². The number of amidine groups is 1. The van der Waals surface area contributed by atoms with Crippen LogP contribution in [0.4, 0.5) is 0 Å². The Bertz CT molecular complexity index is 845. The van der Waals surface area contributed by atoms with E-state index < -0.39 is 0 Å². The van der Waals surface area contributed by atoms with Gasteiger partial charge in [0.25, 0.3) is 5.91 Å². The van der Waals surface area contributed by atoms with E-state index in [9.17, 15) is 4.79 Å². The van der Waals surface area contributed by atoms with Gasteiger partial charge in [-0.15, -0.1) is 0 Å². The molecule has 3 rings (SSSR count). The van der Waals surface area contributed by atoms with E-state index in [0.29, 0.717) is 36.7 Å². The van der Waals surface area contributed by atoms with Crippen LogP contribution in [0.5, 0.6) is 0 Å². The summed E-state index contributed by atoms with van der Waals surface area (Å²) >= 11 is 0. The number of nitrogens with zero attached hydrogens (tertiary/aromatic N) is 2. The Morgan fingerprint density at radius 2 is 2.04 bits per heavy atom. The summed E-state index contributed by atoms with van der Waals surface area (Å²) in [6.07, 6.45) is 9.84. The second-order valence-corrected chi connectivity index (χ2v) is 5.51. The lowest BCUT2D eigenvalue weighted by molar-refractivity contribution is -0.116. The van der Waals surface area contributed by atoms with Crippen molar-refractivity contribution in [3.05, 3.63) is 78.9 Å². The predicted octanol–water partition coefficient (Wildman–Crippen LogP) is 3.47. The fourth-order valence-corrected chi connectivity index (χ4v) is 2.41. The molecule has 126 valence electrons. The van der Waals surface area contributed by atoms with Gasteiger partial charge < -0.3 is 9.73 Å². The van der Waals surface area contributed by atoms with Gasteiger partial charge in [0, 0.05) is 24.0 Å². The summed E-state index contributed by atoms with van der Waals surface area (Å²) in [4.78, 5) is 20.7. The monoisotopic (exact) mass is 333 g/mol. The number of carbonyl (C=O) groups is 1. The molecule has 0 unspecified atom stereocenters. The summed E-state index contributed by atoms with van der Waals surface area (Å²) in [7, 11) is 0. The van der Waals surface area contributed by atoms with Crippen LogP contribution in [-0.2, 0) is 11.2 Å². The van der Waals surface area contributed by atoms with Crippen molar-refractivity contribution >= 4 is 11.7 Å². The first kappa shape index (κ1) is 16.6. The molecule has 25 heavy (non-hydrogen) atoms. The summed E-state index contributed by atoms with van der Waals surface area (Å²) in [6, 6.07) is 9.83. The molecule has 0 spiro atoms. The smallest absolute Gasteiger partial charge is 0.254 e. The number of allylic oxidation sites excluding steroid dienone is 4. The van der Waals surface area contributed by atoms with Gasteiger partial charge >= 0.3 is 0 Å². The van der Waals surface area contributed by atoms with Gasteiger partial charge in [0.05, 0.1) is 12.7 Å². The number of benzene rings is 1. The maximum Gasteiger partial charge on any atom is 0.254 e. The summed E-state index contributed by atoms with van der Waals surface area (Å²) in [5.41, 5.74) is 1.62. The molecule has 5 nitrogen and oxygen atoms in total. The van der Waals surface area contributed by atoms with Gasteiger partial charge in [0.15, 0.2) is 11.7 Å². The maximum absolute atomic E-state index is 12.0. The Morgan fingerprint density at radius 1 is 1.20 bits per heavy atom. The highest BCUT2D eigenvalue weighted by Crippen LogP contribution is 2.20. The minimum absolute atomic E-state index is 0.115. The third-order valence-corrected chi connectivity index (χ3v) is 3.72. The highest BCUT2D eigenvalue weighted by Gasteiger charge is 2.17. The van der Waals surface area contributed by atoms with Crippen LogP contribution in [0.3, 0.4) is 0 Å². The van der Waals surface area contributed by atoms with Gasteiger partial charge in [0.1, 0.15) is 5.84 Å². The third-order valence-electron chi connectivity index (χ3n) is 3.72. The van der Waals surface area contributed by atoms with Crippen molar-refractivity contribution in [3.63, 3.8) is 0 Å². The van der Waals surface area contributed by atoms with Crippen LogP contribution in [-0.4, -0.2) is 23.3 Å². The van der Waals surface area contributed by atoms with Gasteiger partial charge in [-0.05, 0) is 0 Å². The normalized spacial score (nSPS) is 16.1. The highest BCUT2D eigenvalue weighted by molar-refractivity contribution is 6.08. The molecule has 1 N–H and O–H groups in total. The van der Waals surface area contributed by atoms with Crippen LogP contribution >= 0.6 is 0 Å². The summed E-state index contributed by atoms with van der Waals surface area (Å²) in [6.45, 7) is 3.97. The number of hydrogen-bond acceptors (Lipinski definition) is 4. The van der Waals surface area contributed by atoms with E-state index in [1.54, 1.807) is 30.5 Å². The molecule has 0 fully saturated rings. The molecule has 0 atom stereocenters. The largest absolute Gasteiger partial charge is 0.441 e. The molecule has 1 aromatic carbocycles. The highest BCUT2D eigenvalue weighted by atomic mass is 16.4. The van der Waals surface area contributed by atoms with Gasteiger partial charge in [-0.3, -0.25) is 9.79 Å². The van der Waals surface area contributed by atoms with Crippen LogP contribution in [0, 0.1) is 0 Å². The fourth-order valence-electron chi connectivity index (χ4n) is 2.41. The summed E-state index contributed by atoms with van der Waals surface area (Å²) in [5, 5.41) is 2.82. The first-order valence-corrected chi connectivity index (χ1v) is 8.09. The second kappa shape index (κ2) is 8.06. The molecular formula is C20H19N3O2. The van der Waals surface area contributed by atoms with Gasteiger partial charge in [-0.25, -0.2) is 4.98 Å². The van der Waals surface area contributed by atoms with E-state index in [1.165, 1.54) is 0 Å². The lowest BCUT2D eigenvalue weighted by Crippen LogP contribution is -2.36. The van der Waals surface area contributed by atoms with Crippen LogP contribution in [0.1, 0.15) is 12.3 Å². The SMILES string of the molecule is C=C/C=C\C=C1/CN=C(CCc2ncc(-c3ccccc3)o2)NC1=O. The summed E-state index contributed by atoms with van der Waals surface area (Å²) in [5.74, 6) is 1.92. The Balaban J connectivity index is 1.59. The standard InChI is InChI=1S/C20H19N3O2/c1-2-3-5-10-16-13-21-18(23-20(16)24)11-12-19-22-14-17(25-19)15-8-6-4-7-9-15/h2-10,14H,1,11-13H2,(H,21,23,24)/b5-3-,16-10+. The Morgan fingerprint density at radius 3 is 2.80 bits per heavy atom. The molecular weight excluding hydrogens is 314 g/mol.